The molecule has 0 aliphatic rings. The number of halogens is 2. The van der Waals surface area contributed by atoms with E-state index in [-0.39, 0.29) is 5.75 Å². The summed E-state index contributed by atoms with van der Waals surface area (Å²) in [5, 5.41) is 3.38. The molecule has 104 valence electrons. The van der Waals surface area contributed by atoms with E-state index in [0.717, 1.165) is 12.2 Å². The van der Waals surface area contributed by atoms with Crippen LogP contribution in [0.2, 0.25) is 0 Å². The van der Waals surface area contributed by atoms with Gasteiger partial charge in [0.2, 0.25) is 0 Å². The zero-order valence-electron chi connectivity index (χ0n) is 11.1. The number of alkyl halides is 2. The second kappa shape index (κ2) is 7.79. The van der Waals surface area contributed by atoms with Crippen molar-refractivity contribution in [2.45, 2.75) is 51.3 Å². The average Bonchev–Trinajstić information content (AvgIpc) is 2.80. The molecule has 0 bridgehead atoms. The summed E-state index contributed by atoms with van der Waals surface area (Å²) < 4.78 is 29.5. The molecule has 0 spiro atoms. The molecule has 0 aliphatic carbocycles. The highest BCUT2D eigenvalue weighted by atomic mass is 32.2. The molecule has 0 amide bonds. The summed E-state index contributed by atoms with van der Waals surface area (Å²) >= 11 is 0.583. The van der Waals surface area contributed by atoms with E-state index in [1.54, 1.807) is 6.07 Å². The molecule has 18 heavy (non-hydrogen) atoms. The molecule has 0 aromatic carbocycles. The summed E-state index contributed by atoms with van der Waals surface area (Å²) in [6.07, 6.45) is 1.13. The van der Waals surface area contributed by atoms with Crippen molar-refractivity contribution in [3.8, 4) is 0 Å². The average molecular weight is 277 g/mol. The van der Waals surface area contributed by atoms with Crippen molar-refractivity contribution in [1.29, 1.82) is 0 Å². The van der Waals surface area contributed by atoms with Gasteiger partial charge in [0.05, 0.1) is 12.3 Å². The lowest BCUT2D eigenvalue weighted by molar-refractivity contribution is 0.251. The van der Waals surface area contributed by atoms with Crippen molar-refractivity contribution >= 4 is 11.8 Å². The van der Waals surface area contributed by atoms with Gasteiger partial charge in [-0.15, -0.1) is 0 Å². The number of rotatable bonds is 8. The van der Waals surface area contributed by atoms with Gasteiger partial charge in [-0.25, -0.2) is 0 Å². The fraction of sp³-hybridized carbons (Fsp3) is 0.692. The zero-order chi connectivity index (χ0) is 13.5. The Morgan fingerprint density at radius 2 is 1.94 bits per heavy atom. The molecule has 1 aromatic rings. The summed E-state index contributed by atoms with van der Waals surface area (Å²) in [5.41, 5.74) is 0. The Labute approximate surface area is 112 Å². The standard InChI is InChI=1S/C13H21F2NOS/c1-4-9(2)10(3)16-7-11-5-6-12(17-11)8-18-13(14)15/h5-6,9-10,13,16H,4,7-8H2,1-3H3. The molecular formula is C13H21F2NOS. The van der Waals surface area contributed by atoms with E-state index >= 15 is 0 Å². The van der Waals surface area contributed by atoms with Crippen LogP contribution in [0.3, 0.4) is 0 Å². The predicted octanol–water partition coefficient (Wildman–Crippen LogP) is 4.26. The Hall–Kier alpha value is -0.550. The fourth-order valence-electron chi connectivity index (χ4n) is 1.56. The predicted molar refractivity (Wildman–Crippen MR) is 71.8 cm³/mol. The van der Waals surface area contributed by atoms with Crippen molar-refractivity contribution in [3.63, 3.8) is 0 Å². The minimum atomic E-state index is -2.35. The first-order valence-corrected chi connectivity index (χ1v) is 7.28. The largest absolute Gasteiger partial charge is 0.464 e. The van der Waals surface area contributed by atoms with Crippen LogP contribution in [0.4, 0.5) is 8.78 Å². The molecule has 1 heterocycles. The maximum absolute atomic E-state index is 12.0. The molecule has 2 atom stereocenters. The molecule has 0 saturated carbocycles. The van der Waals surface area contributed by atoms with E-state index in [1.165, 1.54) is 0 Å². The molecule has 0 saturated heterocycles. The zero-order valence-corrected chi connectivity index (χ0v) is 11.9. The minimum absolute atomic E-state index is 0.221. The highest BCUT2D eigenvalue weighted by Crippen LogP contribution is 2.21. The van der Waals surface area contributed by atoms with Crippen molar-refractivity contribution in [1.82, 2.24) is 5.32 Å². The molecule has 1 rings (SSSR count). The third kappa shape index (κ3) is 5.40. The topological polar surface area (TPSA) is 25.2 Å². The Morgan fingerprint density at radius 1 is 1.28 bits per heavy atom. The monoisotopic (exact) mass is 277 g/mol. The van der Waals surface area contributed by atoms with Gasteiger partial charge < -0.3 is 9.73 Å². The normalized spacial score (nSPS) is 15.0. The number of hydrogen-bond acceptors (Lipinski definition) is 3. The lowest BCUT2D eigenvalue weighted by atomic mass is 10.0. The van der Waals surface area contributed by atoms with Crippen molar-refractivity contribution in [2.24, 2.45) is 5.92 Å². The summed E-state index contributed by atoms with van der Waals surface area (Å²) in [5.74, 6) is -0.113. The van der Waals surface area contributed by atoms with Gasteiger partial charge in [0, 0.05) is 6.04 Å². The molecule has 1 aromatic heterocycles. The quantitative estimate of drug-likeness (QED) is 0.768. The van der Waals surface area contributed by atoms with Crippen LogP contribution in [-0.4, -0.2) is 11.8 Å². The highest BCUT2D eigenvalue weighted by molar-refractivity contribution is 7.98. The number of nitrogens with one attached hydrogen (secondary N) is 1. The third-order valence-electron chi connectivity index (χ3n) is 3.16. The van der Waals surface area contributed by atoms with E-state index in [0.29, 0.717) is 36.0 Å². The smallest absolute Gasteiger partial charge is 0.284 e. The van der Waals surface area contributed by atoms with E-state index in [1.807, 2.05) is 6.07 Å². The van der Waals surface area contributed by atoms with Crippen LogP contribution in [-0.2, 0) is 12.3 Å². The van der Waals surface area contributed by atoms with Gasteiger partial charge in [-0.2, -0.15) is 8.78 Å². The lowest BCUT2D eigenvalue weighted by Gasteiger charge is -2.19. The van der Waals surface area contributed by atoms with Crippen LogP contribution in [0.15, 0.2) is 16.5 Å². The Bertz CT molecular complexity index is 343. The van der Waals surface area contributed by atoms with Gasteiger partial charge in [0.15, 0.2) is 0 Å². The van der Waals surface area contributed by atoms with Gasteiger partial charge in [-0.3, -0.25) is 0 Å². The highest BCUT2D eigenvalue weighted by Gasteiger charge is 2.11. The molecule has 1 N–H and O–H groups in total. The summed E-state index contributed by atoms with van der Waals surface area (Å²) in [6, 6.07) is 4.02. The maximum atomic E-state index is 12.0. The third-order valence-corrected chi connectivity index (χ3v) is 3.87. The Morgan fingerprint density at radius 3 is 2.56 bits per heavy atom. The van der Waals surface area contributed by atoms with Crippen LogP contribution >= 0.6 is 11.8 Å². The van der Waals surface area contributed by atoms with Crippen LogP contribution in [0.5, 0.6) is 0 Å². The number of hydrogen-bond donors (Lipinski definition) is 1. The van der Waals surface area contributed by atoms with Gasteiger partial charge >= 0.3 is 0 Å². The molecule has 2 unspecified atom stereocenters. The second-order valence-electron chi connectivity index (χ2n) is 4.49. The van der Waals surface area contributed by atoms with Crippen LogP contribution in [0, 0.1) is 5.92 Å². The van der Waals surface area contributed by atoms with E-state index in [4.69, 9.17) is 4.42 Å². The second-order valence-corrected chi connectivity index (χ2v) is 5.47. The molecule has 0 fully saturated rings. The lowest BCUT2D eigenvalue weighted by Crippen LogP contribution is -2.31. The maximum Gasteiger partial charge on any atom is 0.284 e. The number of thioether (sulfide) groups is 1. The summed E-state index contributed by atoms with van der Waals surface area (Å²) in [6.45, 7) is 7.15. The first-order chi connectivity index (χ1) is 8.52. The first-order valence-electron chi connectivity index (χ1n) is 6.23. The molecule has 5 heteroatoms. The van der Waals surface area contributed by atoms with Crippen LogP contribution in [0.25, 0.3) is 0 Å². The molecule has 0 radical (unpaired) electrons. The van der Waals surface area contributed by atoms with E-state index in [9.17, 15) is 8.78 Å². The minimum Gasteiger partial charge on any atom is -0.464 e. The van der Waals surface area contributed by atoms with Crippen molar-refractivity contribution in [3.05, 3.63) is 23.7 Å². The van der Waals surface area contributed by atoms with Crippen LogP contribution in [0.1, 0.15) is 38.7 Å². The van der Waals surface area contributed by atoms with E-state index in [2.05, 4.69) is 26.1 Å². The Kier molecular flexibility index (Phi) is 6.71. The van der Waals surface area contributed by atoms with Gasteiger partial charge in [0.1, 0.15) is 11.5 Å². The van der Waals surface area contributed by atoms with Gasteiger partial charge in [-0.1, -0.05) is 32.0 Å². The summed E-state index contributed by atoms with van der Waals surface area (Å²) in [7, 11) is 0. The molecular weight excluding hydrogens is 256 g/mol. The van der Waals surface area contributed by atoms with E-state index < -0.39 is 5.76 Å². The van der Waals surface area contributed by atoms with Crippen molar-refractivity contribution < 1.29 is 13.2 Å². The van der Waals surface area contributed by atoms with Gasteiger partial charge in [0.25, 0.3) is 5.76 Å². The molecule has 2 nitrogen and oxygen atoms in total. The van der Waals surface area contributed by atoms with Crippen molar-refractivity contribution in [2.75, 3.05) is 0 Å². The Balaban J connectivity index is 2.35. The summed E-state index contributed by atoms with van der Waals surface area (Å²) in [4.78, 5) is 0. The fourth-order valence-corrected chi connectivity index (χ4v) is 2.00. The SMILES string of the molecule is CCC(C)C(C)NCc1ccc(CSC(F)F)o1. The first kappa shape index (κ1) is 15.5. The van der Waals surface area contributed by atoms with Crippen LogP contribution < -0.4 is 5.32 Å². The number of furan rings is 1. The molecule has 0 aliphatic heterocycles. The van der Waals surface area contributed by atoms with Gasteiger partial charge in [-0.05, 0) is 25.0 Å².